The van der Waals surface area contributed by atoms with Gasteiger partial charge in [0.2, 0.25) is 0 Å². The zero-order valence-corrected chi connectivity index (χ0v) is 55.4. The summed E-state index contributed by atoms with van der Waals surface area (Å²) in [6.07, 6.45) is 77.0. The molecule has 0 saturated carbocycles. The number of nitrogens with zero attached hydrogens (tertiary/aromatic N) is 1. The molecule has 0 saturated heterocycles. The molecule has 0 amide bonds. The maximum absolute atomic E-state index is 12.9. The number of esters is 2. The van der Waals surface area contributed by atoms with E-state index in [2.05, 4.69) is 38.2 Å². The van der Waals surface area contributed by atoms with E-state index in [0.717, 1.165) is 38.5 Å². The number of rotatable bonds is 68. The minimum Gasteiger partial charge on any atom is -0.545 e. The Balaban J connectivity index is 4.03. The van der Waals surface area contributed by atoms with Crippen molar-refractivity contribution in [3.8, 4) is 0 Å². The smallest absolute Gasteiger partial charge is 0.306 e. The van der Waals surface area contributed by atoms with Gasteiger partial charge in [0.1, 0.15) is 13.2 Å². The molecular formula is C73H139NO8. The maximum Gasteiger partial charge on any atom is 0.306 e. The van der Waals surface area contributed by atoms with Crippen LogP contribution in [-0.4, -0.2) is 82.3 Å². The third-order valence-electron chi connectivity index (χ3n) is 16.5. The number of quaternary nitrogens is 1. The molecule has 0 heterocycles. The molecule has 0 bridgehead atoms. The number of carbonyl (C=O) groups excluding carboxylic acids is 3. The van der Waals surface area contributed by atoms with Crippen LogP contribution in [0.25, 0.3) is 0 Å². The Morgan fingerprint density at radius 2 is 0.659 bits per heavy atom. The van der Waals surface area contributed by atoms with E-state index < -0.39 is 24.3 Å². The number of unbranched alkanes of at least 4 members (excludes halogenated alkanes) is 49. The van der Waals surface area contributed by atoms with Crippen molar-refractivity contribution in [1.82, 2.24) is 0 Å². The predicted molar refractivity (Wildman–Crippen MR) is 348 cm³/mol. The number of hydrogen-bond donors (Lipinski definition) is 0. The van der Waals surface area contributed by atoms with Gasteiger partial charge in [0.25, 0.3) is 0 Å². The average Bonchev–Trinajstić information content (AvgIpc) is 3.45. The summed E-state index contributed by atoms with van der Waals surface area (Å²) >= 11 is 0. The normalized spacial score (nSPS) is 12.7. The van der Waals surface area contributed by atoms with Crippen LogP contribution in [0.5, 0.6) is 0 Å². The van der Waals surface area contributed by atoms with Crippen molar-refractivity contribution in [2.45, 2.75) is 379 Å². The first-order valence-electron chi connectivity index (χ1n) is 36.0. The Morgan fingerprint density at radius 1 is 0.366 bits per heavy atom. The Kier molecular flexibility index (Phi) is 63.0. The van der Waals surface area contributed by atoms with E-state index in [1.54, 1.807) is 0 Å². The van der Waals surface area contributed by atoms with Crippen LogP contribution in [0.15, 0.2) is 24.3 Å². The molecule has 0 rings (SSSR count). The van der Waals surface area contributed by atoms with Gasteiger partial charge >= 0.3 is 11.9 Å². The molecule has 82 heavy (non-hydrogen) atoms. The van der Waals surface area contributed by atoms with Gasteiger partial charge in [0, 0.05) is 12.8 Å². The summed E-state index contributed by atoms with van der Waals surface area (Å²) in [7, 11) is 5.94. The van der Waals surface area contributed by atoms with Gasteiger partial charge in [0.05, 0.1) is 40.3 Å². The summed E-state index contributed by atoms with van der Waals surface area (Å²) in [5.74, 6) is -2.25. The molecule has 2 atom stereocenters. The fraction of sp³-hybridized carbons (Fsp3) is 0.904. The Hall–Kier alpha value is -2.23. The predicted octanol–water partition coefficient (Wildman–Crippen LogP) is 20.9. The largest absolute Gasteiger partial charge is 0.545 e. The standard InChI is InChI=1S/C73H139NO8/c1-6-8-10-12-14-16-18-20-22-24-26-28-30-32-33-34-35-36-37-38-40-41-43-45-47-49-51-53-55-57-59-61-63-70(75)80-67-69(68-81-73(72(77)78)79-66-65-74(3,4)5)82-71(76)64-62-60-58-56-54-52-50-48-46-44-42-39-31-29-27-25-23-21-19-17-15-13-11-9-7-2/h19,21,25,27,69,73H,6-18,20,22-24,26,28-68H2,1-5H3/b21-19-,27-25-. The molecular weight excluding hydrogens is 1020 g/mol. The highest BCUT2D eigenvalue weighted by molar-refractivity contribution is 5.70. The maximum atomic E-state index is 12.9. The van der Waals surface area contributed by atoms with Gasteiger partial charge in [-0.15, -0.1) is 0 Å². The topological polar surface area (TPSA) is 111 Å². The molecule has 9 nitrogen and oxygen atoms in total. The van der Waals surface area contributed by atoms with Crippen LogP contribution in [0.1, 0.15) is 367 Å². The lowest BCUT2D eigenvalue weighted by atomic mass is 10.0. The van der Waals surface area contributed by atoms with Crippen molar-refractivity contribution >= 4 is 17.9 Å². The number of aliphatic carboxylic acids is 1. The lowest BCUT2D eigenvalue weighted by Crippen LogP contribution is -2.44. The van der Waals surface area contributed by atoms with E-state index in [9.17, 15) is 19.5 Å². The minimum absolute atomic E-state index is 0.151. The highest BCUT2D eigenvalue weighted by Gasteiger charge is 2.22. The number of carboxylic acids is 1. The van der Waals surface area contributed by atoms with Gasteiger partial charge in [-0.25, -0.2) is 0 Å². The number of likely N-dealkylation sites (N-methyl/N-ethyl adjacent to an activating group) is 1. The average molecular weight is 1160 g/mol. The number of carboxylic acid groups (broad SMARTS) is 1. The Bertz CT molecular complexity index is 1390. The SMILES string of the molecule is CCCCCCC/C=C\C/C=C\CCCCCCCCCCCCCCCC(=O)OC(COC(=O)CCCCCCCCCCCCCCCCCCCCCCCCCCCCCCCCCC)COC(OCC[N+](C)(C)C)C(=O)[O-]. The lowest BCUT2D eigenvalue weighted by Gasteiger charge is -2.26. The van der Waals surface area contributed by atoms with Crippen LogP contribution in [0.3, 0.4) is 0 Å². The van der Waals surface area contributed by atoms with E-state index in [4.69, 9.17) is 18.9 Å². The van der Waals surface area contributed by atoms with Crippen molar-refractivity contribution < 1.29 is 42.9 Å². The quantitative estimate of drug-likeness (QED) is 0.0195. The number of allylic oxidation sites excluding steroid dienone is 4. The van der Waals surface area contributed by atoms with Gasteiger partial charge < -0.3 is 33.3 Å². The molecule has 0 N–H and O–H groups in total. The van der Waals surface area contributed by atoms with Crippen molar-refractivity contribution in [1.29, 1.82) is 0 Å². The van der Waals surface area contributed by atoms with E-state index in [1.807, 2.05) is 21.1 Å². The highest BCUT2D eigenvalue weighted by atomic mass is 16.7. The number of carbonyl (C=O) groups is 3. The molecule has 2 unspecified atom stereocenters. The van der Waals surface area contributed by atoms with E-state index >= 15 is 0 Å². The molecule has 0 fully saturated rings. The first-order chi connectivity index (χ1) is 40.1. The van der Waals surface area contributed by atoms with Gasteiger partial charge in [-0.2, -0.15) is 0 Å². The molecule has 0 radical (unpaired) electrons. The molecule has 0 aromatic heterocycles. The van der Waals surface area contributed by atoms with Crippen LogP contribution in [0.4, 0.5) is 0 Å². The molecule has 0 aromatic rings. The van der Waals surface area contributed by atoms with Gasteiger partial charge in [0.15, 0.2) is 12.4 Å². The van der Waals surface area contributed by atoms with Crippen LogP contribution < -0.4 is 5.11 Å². The third kappa shape index (κ3) is 65.3. The number of hydrogen-bond acceptors (Lipinski definition) is 8. The van der Waals surface area contributed by atoms with Crippen LogP contribution in [-0.2, 0) is 33.3 Å². The molecule has 0 aromatic carbocycles. The summed E-state index contributed by atoms with van der Waals surface area (Å²) in [4.78, 5) is 37.5. The third-order valence-corrected chi connectivity index (χ3v) is 16.5. The lowest BCUT2D eigenvalue weighted by molar-refractivity contribution is -0.870. The van der Waals surface area contributed by atoms with E-state index in [1.165, 1.54) is 295 Å². The second-order valence-electron chi connectivity index (χ2n) is 25.9. The molecule has 9 heteroatoms. The van der Waals surface area contributed by atoms with Crippen LogP contribution in [0.2, 0.25) is 0 Å². The second kappa shape index (κ2) is 64.8. The summed E-state index contributed by atoms with van der Waals surface area (Å²) in [6.45, 7) is 4.81. The van der Waals surface area contributed by atoms with Crippen molar-refractivity contribution in [2.24, 2.45) is 0 Å². The fourth-order valence-corrected chi connectivity index (χ4v) is 10.9. The first-order valence-corrected chi connectivity index (χ1v) is 36.0. The van der Waals surface area contributed by atoms with Crippen LogP contribution in [0, 0.1) is 0 Å². The van der Waals surface area contributed by atoms with Crippen LogP contribution >= 0.6 is 0 Å². The van der Waals surface area contributed by atoms with Crippen molar-refractivity contribution in [2.75, 3.05) is 47.5 Å². The van der Waals surface area contributed by atoms with Gasteiger partial charge in [-0.05, 0) is 44.9 Å². The van der Waals surface area contributed by atoms with Crippen molar-refractivity contribution in [3.05, 3.63) is 24.3 Å². The monoisotopic (exact) mass is 1160 g/mol. The zero-order chi connectivity index (χ0) is 59.8. The molecule has 0 aliphatic carbocycles. The Morgan fingerprint density at radius 3 is 0.963 bits per heavy atom. The summed E-state index contributed by atoms with van der Waals surface area (Å²) < 4.78 is 22.8. The van der Waals surface area contributed by atoms with E-state index in [-0.39, 0.29) is 32.2 Å². The van der Waals surface area contributed by atoms with Gasteiger partial charge in [-0.1, -0.05) is 334 Å². The van der Waals surface area contributed by atoms with Gasteiger partial charge in [-0.3, -0.25) is 9.59 Å². The summed E-state index contributed by atoms with van der Waals surface area (Å²) in [5, 5.41) is 11.8. The Labute approximate surface area is 509 Å². The molecule has 0 spiro atoms. The summed E-state index contributed by atoms with van der Waals surface area (Å²) in [5.41, 5.74) is 0. The van der Waals surface area contributed by atoms with E-state index in [0.29, 0.717) is 23.9 Å². The molecule has 0 aliphatic rings. The molecule has 0 aliphatic heterocycles. The first kappa shape index (κ1) is 79.8. The number of ether oxygens (including phenoxy) is 4. The van der Waals surface area contributed by atoms with Crippen molar-refractivity contribution in [3.63, 3.8) is 0 Å². The fourth-order valence-electron chi connectivity index (χ4n) is 10.9. The second-order valence-corrected chi connectivity index (χ2v) is 25.9. The molecule has 484 valence electrons. The zero-order valence-electron chi connectivity index (χ0n) is 55.4. The summed E-state index contributed by atoms with van der Waals surface area (Å²) in [6, 6.07) is 0. The highest BCUT2D eigenvalue weighted by Crippen LogP contribution is 2.19. The minimum atomic E-state index is -1.62.